The van der Waals surface area contributed by atoms with Crippen molar-refractivity contribution in [2.75, 3.05) is 19.3 Å². The number of thioether (sulfide) groups is 1. The van der Waals surface area contributed by atoms with E-state index in [9.17, 15) is 9.18 Å². The number of hydrogen-bond donors (Lipinski definition) is 2. The summed E-state index contributed by atoms with van der Waals surface area (Å²) in [6.45, 7) is 5.04. The quantitative estimate of drug-likeness (QED) is 0.811. The molecule has 96 valence electrons. The van der Waals surface area contributed by atoms with E-state index in [0.29, 0.717) is 19.5 Å². The van der Waals surface area contributed by atoms with Gasteiger partial charge < -0.3 is 10.6 Å². The van der Waals surface area contributed by atoms with Crippen molar-refractivity contribution in [3.63, 3.8) is 0 Å². The first kappa shape index (κ1) is 16.0. The van der Waals surface area contributed by atoms with Gasteiger partial charge in [-0.2, -0.15) is 11.8 Å². The molecule has 1 heterocycles. The number of alkyl halides is 1. The molecule has 0 aromatic carbocycles. The van der Waals surface area contributed by atoms with E-state index in [4.69, 9.17) is 0 Å². The standard InChI is InChI=1S/C10H19FN2OS.ClH/c1-10(2,15-3)6-13-9(14)8-4-7(11)5-12-8;/h7-8,12H,4-6H2,1-3H3,(H,13,14);1H/t7-,8+;/m0./s1. The van der Waals surface area contributed by atoms with Gasteiger partial charge in [0.05, 0.1) is 6.04 Å². The second kappa shape index (κ2) is 6.67. The monoisotopic (exact) mass is 270 g/mol. The Labute approximate surface area is 107 Å². The first-order valence-electron chi connectivity index (χ1n) is 5.15. The van der Waals surface area contributed by atoms with Gasteiger partial charge in [0.25, 0.3) is 0 Å². The Morgan fingerprint density at radius 2 is 2.25 bits per heavy atom. The summed E-state index contributed by atoms with van der Waals surface area (Å²) >= 11 is 1.70. The molecule has 0 saturated carbocycles. The zero-order chi connectivity index (χ0) is 11.5. The fourth-order valence-electron chi connectivity index (χ4n) is 1.39. The van der Waals surface area contributed by atoms with Crippen LogP contribution in [-0.4, -0.2) is 42.2 Å². The van der Waals surface area contributed by atoms with Crippen LogP contribution in [0.3, 0.4) is 0 Å². The molecule has 0 aromatic heterocycles. The van der Waals surface area contributed by atoms with Gasteiger partial charge in [-0.3, -0.25) is 4.79 Å². The lowest BCUT2D eigenvalue weighted by atomic mass is 10.1. The molecule has 2 atom stereocenters. The molecule has 1 aliphatic rings. The minimum Gasteiger partial charge on any atom is -0.353 e. The lowest BCUT2D eigenvalue weighted by Gasteiger charge is -2.23. The molecule has 1 saturated heterocycles. The minimum absolute atomic E-state index is 0. The third kappa shape index (κ3) is 4.89. The van der Waals surface area contributed by atoms with Crippen molar-refractivity contribution in [2.45, 2.75) is 37.2 Å². The molecule has 0 aliphatic carbocycles. The van der Waals surface area contributed by atoms with Crippen LogP contribution in [0.1, 0.15) is 20.3 Å². The molecule has 0 spiro atoms. The molecule has 1 amide bonds. The van der Waals surface area contributed by atoms with Gasteiger partial charge in [-0.05, 0) is 20.1 Å². The molecule has 3 nitrogen and oxygen atoms in total. The third-order valence-corrected chi connectivity index (χ3v) is 3.88. The van der Waals surface area contributed by atoms with Crippen LogP contribution in [-0.2, 0) is 4.79 Å². The Hall–Kier alpha value is -0.0000000000000000555. The van der Waals surface area contributed by atoms with Gasteiger partial charge in [0.15, 0.2) is 0 Å². The summed E-state index contributed by atoms with van der Waals surface area (Å²) in [5.74, 6) is -0.0859. The van der Waals surface area contributed by atoms with Crippen molar-refractivity contribution in [1.29, 1.82) is 0 Å². The van der Waals surface area contributed by atoms with Crippen LogP contribution in [0, 0.1) is 0 Å². The molecule has 2 N–H and O–H groups in total. The molecule has 1 fully saturated rings. The molecule has 1 rings (SSSR count). The molecular weight excluding hydrogens is 251 g/mol. The Morgan fingerprint density at radius 1 is 1.62 bits per heavy atom. The molecule has 0 aromatic rings. The topological polar surface area (TPSA) is 41.1 Å². The Kier molecular flexibility index (Phi) is 6.67. The van der Waals surface area contributed by atoms with E-state index >= 15 is 0 Å². The number of nitrogens with one attached hydrogen (secondary N) is 2. The van der Waals surface area contributed by atoms with Gasteiger partial charge >= 0.3 is 0 Å². The number of hydrogen-bond acceptors (Lipinski definition) is 3. The van der Waals surface area contributed by atoms with Crippen LogP contribution < -0.4 is 10.6 Å². The van der Waals surface area contributed by atoms with Gasteiger partial charge in [-0.1, -0.05) is 0 Å². The van der Waals surface area contributed by atoms with E-state index in [1.54, 1.807) is 11.8 Å². The number of carbonyl (C=O) groups excluding carboxylic acids is 1. The maximum atomic E-state index is 12.8. The predicted octanol–water partition coefficient (Wildman–Crippen LogP) is 1.37. The Bertz CT molecular complexity index is 241. The zero-order valence-electron chi connectivity index (χ0n) is 9.88. The van der Waals surface area contributed by atoms with Crippen LogP contribution in [0.4, 0.5) is 4.39 Å². The van der Waals surface area contributed by atoms with Crippen LogP contribution in [0.25, 0.3) is 0 Å². The number of halogens is 2. The lowest BCUT2D eigenvalue weighted by molar-refractivity contribution is -0.122. The number of rotatable bonds is 4. The van der Waals surface area contributed by atoms with Gasteiger partial charge in [0.2, 0.25) is 5.91 Å². The highest BCUT2D eigenvalue weighted by atomic mass is 35.5. The average molecular weight is 271 g/mol. The average Bonchev–Trinajstić information content (AvgIpc) is 2.61. The maximum absolute atomic E-state index is 12.8. The summed E-state index contributed by atoms with van der Waals surface area (Å²) in [6, 6.07) is -0.349. The van der Waals surface area contributed by atoms with Gasteiger partial charge in [-0.15, -0.1) is 12.4 Å². The highest BCUT2D eigenvalue weighted by Crippen LogP contribution is 2.19. The second-order valence-electron chi connectivity index (χ2n) is 4.48. The van der Waals surface area contributed by atoms with E-state index in [1.165, 1.54) is 0 Å². The van der Waals surface area contributed by atoms with Crippen molar-refractivity contribution in [1.82, 2.24) is 10.6 Å². The van der Waals surface area contributed by atoms with Gasteiger partial charge in [0.1, 0.15) is 6.17 Å². The van der Waals surface area contributed by atoms with Crippen molar-refractivity contribution < 1.29 is 9.18 Å². The fourth-order valence-corrected chi connectivity index (χ4v) is 1.60. The summed E-state index contributed by atoms with van der Waals surface area (Å²) in [5.41, 5.74) is 0. The fraction of sp³-hybridized carbons (Fsp3) is 0.900. The number of carbonyl (C=O) groups is 1. The van der Waals surface area contributed by atoms with Crippen LogP contribution >= 0.6 is 24.2 Å². The van der Waals surface area contributed by atoms with Crippen molar-refractivity contribution in [3.8, 4) is 0 Å². The third-order valence-electron chi connectivity index (χ3n) is 2.63. The molecular formula is C10H20ClFN2OS. The first-order chi connectivity index (χ1) is 6.94. The summed E-state index contributed by atoms with van der Waals surface area (Å²) in [5, 5.41) is 5.71. The zero-order valence-corrected chi connectivity index (χ0v) is 11.5. The van der Waals surface area contributed by atoms with E-state index in [0.717, 1.165) is 0 Å². The van der Waals surface area contributed by atoms with Gasteiger partial charge in [-0.25, -0.2) is 4.39 Å². The second-order valence-corrected chi connectivity index (χ2v) is 5.99. The first-order valence-corrected chi connectivity index (χ1v) is 6.37. The highest BCUT2D eigenvalue weighted by Gasteiger charge is 2.29. The summed E-state index contributed by atoms with van der Waals surface area (Å²) in [7, 11) is 0. The van der Waals surface area contributed by atoms with Crippen LogP contribution in [0.2, 0.25) is 0 Å². The lowest BCUT2D eigenvalue weighted by Crippen LogP contribution is -2.44. The molecule has 0 radical (unpaired) electrons. The molecule has 6 heteroatoms. The Morgan fingerprint density at radius 3 is 2.69 bits per heavy atom. The predicted molar refractivity (Wildman–Crippen MR) is 69.2 cm³/mol. The summed E-state index contributed by atoms with van der Waals surface area (Å²) in [4.78, 5) is 11.6. The van der Waals surface area contributed by atoms with Crippen molar-refractivity contribution >= 4 is 30.1 Å². The molecule has 0 bridgehead atoms. The van der Waals surface area contributed by atoms with E-state index < -0.39 is 6.17 Å². The summed E-state index contributed by atoms with van der Waals surface area (Å²) < 4.78 is 12.9. The van der Waals surface area contributed by atoms with Crippen molar-refractivity contribution in [3.05, 3.63) is 0 Å². The summed E-state index contributed by atoms with van der Waals surface area (Å²) in [6.07, 6.45) is 1.43. The SMILES string of the molecule is CSC(C)(C)CNC(=O)[C@H]1C[C@H](F)CN1.Cl. The maximum Gasteiger partial charge on any atom is 0.237 e. The van der Waals surface area contributed by atoms with E-state index in [2.05, 4.69) is 24.5 Å². The minimum atomic E-state index is -0.880. The van der Waals surface area contributed by atoms with Crippen LogP contribution in [0.5, 0.6) is 0 Å². The van der Waals surface area contributed by atoms with Gasteiger partial charge in [0, 0.05) is 24.3 Å². The smallest absolute Gasteiger partial charge is 0.237 e. The molecule has 16 heavy (non-hydrogen) atoms. The number of amides is 1. The molecule has 1 aliphatic heterocycles. The van der Waals surface area contributed by atoms with Crippen LogP contribution in [0.15, 0.2) is 0 Å². The van der Waals surface area contributed by atoms with E-state index in [1.807, 2.05) is 6.26 Å². The van der Waals surface area contributed by atoms with Crippen molar-refractivity contribution in [2.24, 2.45) is 0 Å². The Balaban J connectivity index is 0.00000225. The molecule has 0 unspecified atom stereocenters. The normalized spacial score (nSPS) is 25.0. The highest BCUT2D eigenvalue weighted by molar-refractivity contribution is 7.99. The van der Waals surface area contributed by atoms with E-state index in [-0.39, 0.29) is 29.1 Å². The largest absolute Gasteiger partial charge is 0.353 e.